The standard InChI is InChI=1S/C22H21N7O2S.C2HF3O2/c1-14-2-3-15(32(30,31)29-22-6-5-21(10-22,11-22)12-23)8-16(14)18-9-26-20(24)19(28-18)17-4-7-25-13-27-17;3-2(4,5)1(6)7/h2-4,7-9,13,29H,5-6,10-11H2,1H3,(H2,24,26);(H,6,7)/i1D3;. The zero-order valence-electron chi connectivity index (χ0n) is 22.9. The molecule has 0 spiro atoms. The molecule has 3 aliphatic carbocycles. The van der Waals surface area contributed by atoms with Gasteiger partial charge in [0, 0.05) is 21.4 Å². The number of nitriles is 1. The molecule has 204 valence electrons. The first-order valence-electron chi connectivity index (χ1n) is 12.7. The summed E-state index contributed by atoms with van der Waals surface area (Å²) in [5, 5.41) is 16.5. The Balaban J connectivity index is 0.000000517. The molecule has 6 rings (SSSR count). The fourth-order valence-corrected chi connectivity index (χ4v) is 6.18. The maximum atomic E-state index is 13.3. The zero-order valence-corrected chi connectivity index (χ0v) is 20.7. The second kappa shape index (κ2) is 9.86. The van der Waals surface area contributed by atoms with Crippen molar-refractivity contribution in [1.82, 2.24) is 24.7 Å². The first kappa shape index (κ1) is 23.9. The van der Waals surface area contributed by atoms with Crippen molar-refractivity contribution in [3.05, 3.63) is 48.5 Å². The van der Waals surface area contributed by atoms with E-state index in [1.807, 2.05) is 0 Å². The van der Waals surface area contributed by atoms with Gasteiger partial charge in [-0.3, -0.25) is 0 Å². The van der Waals surface area contributed by atoms with Gasteiger partial charge in [-0.25, -0.2) is 37.9 Å². The number of fused-ring (bicyclic) bond motifs is 1. The summed E-state index contributed by atoms with van der Waals surface area (Å²) < 4.78 is 84.9. The number of carboxylic acid groups (broad SMARTS) is 1. The molecule has 3 saturated carbocycles. The van der Waals surface area contributed by atoms with Crippen LogP contribution in [0.1, 0.15) is 35.4 Å². The predicted octanol–water partition coefficient (Wildman–Crippen LogP) is 3.24. The van der Waals surface area contributed by atoms with Gasteiger partial charge in [0.2, 0.25) is 10.0 Å². The lowest BCUT2D eigenvalue weighted by Crippen LogP contribution is -2.55. The van der Waals surface area contributed by atoms with Gasteiger partial charge in [0.05, 0.1) is 34.0 Å². The Labute approximate surface area is 225 Å². The molecule has 4 N–H and O–H groups in total. The molecule has 39 heavy (non-hydrogen) atoms. The summed E-state index contributed by atoms with van der Waals surface area (Å²) in [7, 11) is -4.00. The molecule has 0 aliphatic heterocycles. The molecule has 2 heterocycles. The van der Waals surface area contributed by atoms with Crippen LogP contribution >= 0.6 is 0 Å². The lowest BCUT2D eigenvalue weighted by atomic mass is 9.66. The van der Waals surface area contributed by atoms with Crippen LogP contribution < -0.4 is 10.5 Å². The number of nitrogens with two attached hydrogens (primary N) is 1. The van der Waals surface area contributed by atoms with Crippen LogP contribution in [0.3, 0.4) is 0 Å². The first-order chi connectivity index (χ1) is 19.4. The smallest absolute Gasteiger partial charge is 0.475 e. The molecule has 0 unspecified atom stereocenters. The number of aryl methyl sites for hydroxylation is 1. The normalized spacial score (nSPS) is 23.2. The molecule has 3 aliphatic rings. The van der Waals surface area contributed by atoms with E-state index >= 15 is 0 Å². The van der Waals surface area contributed by atoms with Gasteiger partial charge in [-0.15, -0.1) is 0 Å². The number of hydrogen-bond acceptors (Lipinski definition) is 9. The highest BCUT2D eigenvalue weighted by Crippen LogP contribution is 2.61. The minimum Gasteiger partial charge on any atom is -0.475 e. The Bertz CT molecular complexity index is 1680. The van der Waals surface area contributed by atoms with E-state index in [1.165, 1.54) is 36.9 Å². The lowest BCUT2D eigenvalue weighted by Gasteiger charge is -2.43. The van der Waals surface area contributed by atoms with Crippen LogP contribution in [-0.4, -0.2) is 51.1 Å². The molecule has 0 radical (unpaired) electrons. The average Bonchev–Trinajstić information content (AvgIpc) is 3.44. The molecule has 2 aromatic heterocycles. The SMILES string of the molecule is O=C(O)C(F)(F)F.[2H]C([2H])([2H])c1ccc(S(=O)(=O)NC23CCC(C#N)(C2)C3)cc1-c1cnc(N)c(-c2ccncn2)n1. The van der Waals surface area contributed by atoms with Crippen molar-refractivity contribution in [3.8, 4) is 28.7 Å². The van der Waals surface area contributed by atoms with Gasteiger partial charge in [0.25, 0.3) is 0 Å². The maximum absolute atomic E-state index is 13.3. The molecular formula is C24H22F3N7O4S. The van der Waals surface area contributed by atoms with Gasteiger partial charge in [-0.1, -0.05) is 6.07 Å². The highest BCUT2D eigenvalue weighted by atomic mass is 32.2. The van der Waals surface area contributed by atoms with Crippen LogP contribution in [0.4, 0.5) is 19.0 Å². The molecule has 0 amide bonds. The van der Waals surface area contributed by atoms with Crippen LogP contribution in [0.2, 0.25) is 0 Å². The predicted molar refractivity (Wildman–Crippen MR) is 131 cm³/mol. The Morgan fingerprint density at radius 1 is 1.23 bits per heavy atom. The number of aromatic nitrogens is 4. The number of anilines is 1. The minimum atomic E-state index is -5.08. The number of benzene rings is 1. The van der Waals surface area contributed by atoms with Gasteiger partial charge in [0.15, 0.2) is 5.82 Å². The van der Waals surface area contributed by atoms with Gasteiger partial charge >= 0.3 is 12.1 Å². The molecular weight excluding hydrogens is 539 g/mol. The largest absolute Gasteiger partial charge is 0.490 e. The number of carbonyl (C=O) groups is 1. The summed E-state index contributed by atoms with van der Waals surface area (Å²) in [6.45, 7) is -2.53. The van der Waals surface area contributed by atoms with E-state index in [0.29, 0.717) is 31.4 Å². The van der Waals surface area contributed by atoms with Crippen LogP contribution in [0, 0.1) is 23.6 Å². The van der Waals surface area contributed by atoms with Crippen molar-refractivity contribution in [2.75, 3.05) is 5.73 Å². The van der Waals surface area contributed by atoms with Crippen molar-refractivity contribution in [3.63, 3.8) is 0 Å². The fraction of sp³-hybridized carbons (Fsp3) is 0.333. The first-order valence-corrected chi connectivity index (χ1v) is 12.7. The average molecular weight is 565 g/mol. The monoisotopic (exact) mass is 564 g/mol. The van der Waals surface area contributed by atoms with Crippen molar-refractivity contribution in [1.29, 1.82) is 5.26 Å². The summed E-state index contributed by atoms with van der Waals surface area (Å²) in [4.78, 5) is 25.4. The number of carboxylic acids is 1. The van der Waals surface area contributed by atoms with Crippen molar-refractivity contribution in [2.45, 2.75) is 49.1 Å². The number of sulfonamides is 1. The van der Waals surface area contributed by atoms with Crippen LogP contribution in [0.25, 0.3) is 22.6 Å². The highest BCUT2D eigenvalue weighted by molar-refractivity contribution is 7.89. The van der Waals surface area contributed by atoms with Gasteiger partial charge in [0.1, 0.15) is 12.0 Å². The summed E-state index contributed by atoms with van der Waals surface area (Å²) >= 11 is 0. The Morgan fingerprint density at radius 3 is 2.51 bits per heavy atom. The van der Waals surface area contributed by atoms with Crippen molar-refractivity contribution in [2.24, 2.45) is 5.41 Å². The van der Waals surface area contributed by atoms with Gasteiger partial charge in [-0.05, 0) is 56.3 Å². The quantitative estimate of drug-likeness (QED) is 0.415. The minimum absolute atomic E-state index is 0.0738. The molecule has 15 heteroatoms. The fourth-order valence-electron chi connectivity index (χ4n) is 4.73. The number of nitrogens with one attached hydrogen (secondary N) is 1. The number of halogens is 3. The second-order valence-electron chi connectivity index (χ2n) is 9.23. The van der Waals surface area contributed by atoms with Crippen molar-refractivity contribution < 1.29 is 35.6 Å². The molecule has 3 fully saturated rings. The van der Waals surface area contributed by atoms with E-state index in [9.17, 15) is 26.9 Å². The summed E-state index contributed by atoms with van der Waals surface area (Å²) in [5.41, 5.74) is 5.67. The van der Waals surface area contributed by atoms with Crippen molar-refractivity contribution >= 4 is 21.8 Å². The Hall–Kier alpha value is -4.16. The third-order valence-corrected chi connectivity index (χ3v) is 8.05. The third kappa shape index (κ3) is 5.66. The Kier molecular flexibility index (Phi) is 6.05. The number of alkyl halides is 3. The van der Waals surface area contributed by atoms with E-state index in [-0.39, 0.29) is 33.2 Å². The molecule has 0 saturated heterocycles. The molecule has 0 atom stereocenters. The Morgan fingerprint density at radius 2 is 1.95 bits per heavy atom. The highest BCUT2D eigenvalue weighted by Gasteiger charge is 2.62. The molecule has 3 aromatic rings. The van der Waals surface area contributed by atoms with E-state index in [0.717, 1.165) is 0 Å². The van der Waals surface area contributed by atoms with E-state index in [2.05, 4.69) is 30.7 Å². The molecule has 1 aromatic carbocycles. The van der Waals surface area contributed by atoms with E-state index in [1.54, 1.807) is 6.07 Å². The summed E-state index contributed by atoms with van der Waals surface area (Å²) in [5.74, 6) is -2.67. The number of hydrogen-bond donors (Lipinski definition) is 3. The zero-order chi connectivity index (χ0) is 31.1. The lowest BCUT2D eigenvalue weighted by molar-refractivity contribution is -0.192. The van der Waals surface area contributed by atoms with E-state index in [4.69, 9.17) is 19.7 Å². The topological polar surface area (TPSA) is 185 Å². The molecule has 11 nitrogen and oxygen atoms in total. The summed E-state index contributed by atoms with van der Waals surface area (Å²) in [6, 6.07) is 7.71. The van der Waals surface area contributed by atoms with Crippen LogP contribution in [0.15, 0.2) is 47.9 Å². The number of nitrogens with zero attached hydrogens (tertiary/aromatic N) is 5. The number of aliphatic carboxylic acids is 1. The van der Waals surface area contributed by atoms with Gasteiger partial charge in [-0.2, -0.15) is 18.4 Å². The number of rotatable bonds is 5. The maximum Gasteiger partial charge on any atom is 0.490 e. The van der Waals surface area contributed by atoms with E-state index < -0.39 is 40.0 Å². The van der Waals surface area contributed by atoms with Crippen LogP contribution in [0.5, 0.6) is 0 Å². The molecule has 2 bridgehead atoms. The summed E-state index contributed by atoms with van der Waals surface area (Å²) in [6.07, 6.45) is 1.24. The third-order valence-electron chi connectivity index (χ3n) is 6.47. The number of nitrogen functional groups attached to an aromatic ring is 1. The van der Waals surface area contributed by atoms with Crippen LogP contribution in [-0.2, 0) is 14.8 Å². The second-order valence-corrected chi connectivity index (χ2v) is 10.9. The van der Waals surface area contributed by atoms with Gasteiger partial charge < -0.3 is 10.8 Å².